The zero-order chi connectivity index (χ0) is 12.0. The number of aliphatic imine (C=N–C) groups is 1. The van der Waals surface area contributed by atoms with Crippen LogP contribution in [0.15, 0.2) is 11.3 Å². The molecule has 0 spiro atoms. The van der Waals surface area contributed by atoms with Crippen molar-refractivity contribution in [1.82, 2.24) is 25.0 Å². The quantitative estimate of drug-likeness (QED) is 0.490. The van der Waals surface area contributed by atoms with Gasteiger partial charge in [-0.2, -0.15) is 0 Å². The second-order valence-corrected chi connectivity index (χ2v) is 3.66. The normalized spacial score (nSPS) is 10.9. The summed E-state index contributed by atoms with van der Waals surface area (Å²) in [7, 11) is 5.70. The second kappa shape index (κ2) is 8.26. The molecule has 0 bridgehead atoms. The van der Waals surface area contributed by atoms with Gasteiger partial charge in [-0.25, -0.2) is 0 Å². The summed E-state index contributed by atoms with van der Waals surface area (Å²) in [5.74, 6) is 1.90. The van der Waals surface area contributed by atoms with Crippen molar-refractivity contribution in [3.8, 4) is 0 Å². The number of halogens is 1. The van der Waals surface area contributed by atoms with Gasteiger partial charge in [0.25, 0.3) is 0 Å². The zero-order valence-electron chi connectivity index (χ0n) is 10.8. The minimum absolute atomic E-state index is 0. The molecule has 6 nitrogen and oxygen atoms in total. The van der Waals surface area contributed by atoms with Crippen molar-refractivity contribution >= 4 is 29.9 Å². The van der Waals surface area contributed by atoms with Crippen molar-refractivity contribution in [1.29, 1.82) is 0 Å². The van der Waals surface area contributed by atoms with Crippen molar-refractivity contribution in [2.45, 2.75) is 19.9 Å². The monoisotopic (exact) mass is 352 g/mol. The summed E-state index contributed by atoms with van der Waals surface area (Å²) < 4.78 is 2.05. The van der Waals surface area contributed by atoms with E-state index in [0.29, 0.717) is 0 Å². The Kier molecular flexibility index (Phi) is 7.85. The van der Waals surface area contributed by atoms with Crippen LogP contribution in [0.2, 0.25) is 0 Å². The number of hydrogen-bond donors (Lipinski definition) is 1. The molecule has 17 heavy (non-hydrogen) atoms. The van der Waals surface area contributed by atoms with Crippen molar-refractivity contribution in [3.05, 3.63) is 12.2 Å². The fourth-order valence-corrected chi connectivity index (χ4v) is 1.46. The molecule has 0 saturated heterocycles. The van der Waals surface area contributed by atoms with Gasteiger partial charge in [0, 0.05) is 40.7 Å². The van der Waals surface area contributed by atoms with E-state index in [9.17, 15) is 0 Å². The molecular formula is C10H21IN6. The predicted molar refractivity (Wildman–Crippen MR) is 79.9 cm³/mol. The van der Waals surface area contributed by atoms with Crippen LogP contribution < -0.4 is 5.32 Å². The highest BCUT2D eigenvalue weighted by atomic mass is 127. The number of aromatic nitrogens is 3. The maximum atomic E-state index is 4.14. The summed E-state index contributed by atoms with van der Waals surface area (Å²) in [5, 5.41) is 11.2. The third-order valence-electron chi connectivity index (χ3n) is 2.28. The first kappa shape index (κ1) is 16.1. The van der Waals surface area contributed by atoms with Gasteiger partial charge in [-0.05, 0) is 0 Å². The average Bonchev–Trinajstić information content (AvgIpc) is 2.71. The van der Waals surface area contributed by atoms with E-state index < -0.39 is 0 Å². The highest BCUT2D eigenvalue weighted by Crippen LogP contribution is 1.94. The van der Waals surface area contributed by atoms with Gasteiger partial charge in [-0.1, -0.05) is 6.92 Å². The molecule has 1 aromatic rings. The number of nitrogens with one attached hydrogen (secondary N) is 1. The zero-order valence-corrected chi connectivity index (χ0v) is 13.2. The summed E-state index contributed by atoms with van der Waals surface area (Å²) in [6.45, 7) is 3.74. The van der Waals surface area contributed by atoms with E-state index in [2.05, 4.69) is 32.0 Å². The Hall–Kier alpha value is -0.860. The van der Waals surface area contributed by atoms with Crippen molar-refractivity contribution in [2.75, 3.05) is 27.7 Å². The third kappa shape index (κ3) is 4.88. The molecule has 1 N–H and O–H groups in total. The van der Waals surface area contributed by atoms with Crippen LogP contribution >= 0.6 is 24.0 Å². The Balaban J connectivity index is 0.00000256. The standard InChI is InChI=1S/C10H20N6.HI/c1-5-9-14-13-8-16(9)7-6-12-10(11-2)15(3)4;/h8H,5-7H2,1-4H3,(H,11,12);1H. The number of rotatable bonds is 4. The van der Waals surface area contributed by atoms with Crippen LogP contribution in [-0.2, 0) is 13.0 Å². The molecule has 0 fully saturated rings. The van der Waals surface area contributed by atoms with Crippen molar-refractivity contribution in [3.63, 3.8) is 0 Å². The molecule has 0 radical (unpaired) electrons. The van der Waals surface area contributed by atoms with Crippen LogP contribution in [0.4, 0.5) is 0 Å². The lowest BCUT2D eigenvalue weighted by atomic mass is 10.4. The van der Waals surface area contributed by atoms with E-state index in [0.717, 1.165) is 31.3 Å². The Bertz CT molecular complexity index is 346. The minimum Gasteiger partial charge on any atom is -0.354 e. The minimum atomic E-state index is 0. The molecule has 1 rings (SSSR count). The van der Waals surface area contributed by atoms with E-state index in [1.54, 1.807) is 13.4 Å². The lowest BCUT2D eigenvalue weighted by Gasteiger charge is -2.17. The molecular weight excluding hydrogens is 331 g/mol. The lowest BCUT2D eigenvalue weighted by molar-refractivity contribution is 0.562. The van der Waals surface area contributed by atoms with Crippen molar-refractivity contribution < 1.29 is 0 Å². The molecule has 7 heteroatoms. The Morgan fingerprint density at radius 2 is 2.24 bits per heavy atom. The van der Waals surface area contributed by atoms with Crippen LogP contribution in [0, 0.1) is 0 Å². The molecule has 0 aliphatic heterocycles. The molecule has 0 saturated carbocycles. The number of guanidine groups is 1. The topological polar surface area (TPSA) is 58.3 Å². The lowest BCUT2D eigenvalue weighted by Crippen LogP contribution is -2.37. The van der Waals surface area contributed by atoms with E-state index in [4.69, 9.17) is 0 Å². The van der Waals surface area contributed by atoms with Crippen LogP contribution in [0.1, 0.15) is 12.7 Å². The van der Waals surface area contributed by atoms with Gasteiger partial charge < -0.3 is 14.8 Å². The van der Waals surface area contributed by atoms with Crippen LogP contribution in [0.25, 0.3) is 0 Å². The van der Waals surface area contributed by atoms with Crippen LogP contribution in [0.3, 0.4) is 0 Å². The van der Waals surface area contributed by atoms with E-state index in [-0.39, 0.29) is 24.0 Å². The fourth-order valence-electron chi connectivity index (χ4n) is 1.46. The average molecular weight is 352 g/mol. The number of hydrogen-bond acceptors (Lipinski definition) is 3. The second-order valence-electron chi connectivity index (χ2n) is 3.66. The number of nitrogens with zero attached hydrogens (tertiary/aromatic N) is 5. The SMILES string of the molecule is CCc1nncn1CCNC(=NC)N(C)C.I. The van der Waals surface area contributed by atoms with E-state index >= 15 is 0 Å². The molecule has 98 valence electrons. The highest BCUT2D eigenvalue weighted by Gasteiger charge is 2.02. The molecule has 0 atom stereocenters. The summed E-state index contributed by atoms with van der Waals surface area (Å²) >= 11 is 0. The highest BCUT2D eigenvalue weighted by molar-refractivity contribution is 14.0. The molecule has 0 amide bonds. The fraction of sp³-hybridized carbons (Fsp3) is 0.700. The first-order valence-electron chi connectivity index (χ1n) is 5.43. The Labute approximate surface area is 120 Å². The van der Waals surface area contributed by atoms with Gasteiger partial charge in [0.05, 0.1) is 0 Å². The summed E-state index contributed by atoms with van der Waals surface area (Å²) in [4.78, 5) is 6.09. The largest absolute Gasteiger partial charge is 0.354 e. The summed E-state index contributed by atoms with van der Waals surface area (Å²) in [5.41, 5.74) is 0. The van der Waals surface area contributed by atoms with Gasteiger partial charge in [0.1, 0.15) is 12.2 Å². The van der Waals surface area contributed by atoms with Gasteiger partial charge in [-0.3, -0.25) is 4.99 Å². The summed E-state index contributed by atoms with van der Waals surface area (Å²) in [6, 6.07) is 0. The maximum Gasteiger partial charge on any atom is 0.193 e. The van der Waals surface area contributed by atoms with Gasteiger partial charge in [-0.15, -0.1) is 34.2 Å². The van der Waals surface area contributed by atoms with Gasteiger partial charge >= 0.3 is 0 Å². The van der Waals surface area contributed by atoms with E-state index in [1.807, 2.05) is 19.0 Å². The summed E-state index contributed by atoms with van der Waals surface area (Å²) in [6.07, 6.45) is 2.67. The first-order valence-corrected chi connectivity index (χ1v) is 5.43. The van der Waals surface area contributed by atoms with Crippen LogP contribution in [-0.4, -0.2) is 53.3 Å². The number of aryl methyl sites for hydroxylation is 1. The first-order chi connectivity index (χ1) is 7.69. The Morgan fingerprint density at radius 1 is 1.53 bits per heavy atom. The molecule has 0 aliphatic rings. The molecule has 0 unspecified atom stereocenters. The maximum absolute atomic E-state index is 4.14. The van der Waals surface area contributed by atoms with Crippen molar-refractivity contribution in [2.24, 2.45) is 4.99 Å². The van der Waals surface area contributed by atoms with Gasteiger partial charge in [0.15, 0.2) is 5.96 Å². The van der Waals surface area contributed by atoms with Gasteiger partial charge in [0.2, 0.25) is 0 Å². The Morgan fingerprint density at radius 3 is 2.76 bits per heavy atom. The molecule has 1 aromatic heterocycles. The predicted octanol–water partition coefficient (Wildman–Crippen LogP) is 0.596. The van der Waals surface area contributed by atoms with Crippen LogP contribution in [0.5, 0.6) is 0 Å². The molecule has 1 heterocycles. The third-order valence-corrected chi connectivity index (χ3v) is 2.28. The van der Waals surface area contributed by atoms with E-state index in [1.165, 1.54) is 0 Å². The molecule has 0 aromatic carbocycles. The molecule has 0 aliphatic carbocycles. The smallest absolute Gasteiger partial charge is 0.193 e.